The molecule has 1 aliphatic heterocycles. The summed E-state index contributed by atoms with van der Waals surface area (Å²) < 4.78 is 26.6. The van der Waals surface area contributed by atoms with Gasteiger partial charge < -0.3 is 5.73 Å². The van der Waals surface area contributed by atoms with E-state index in [0.29, 0.717) is 30.4 Å². The second-order valence-corrected chi connectivity index (χ2v) is 6.93. The van der Waals surface area contributed by atoms with Crippen molar-refractivity contribution in [3.05, 3.63) is 29.3 Å². The molecule has 1 atom stereocenters. The number of halogens is 1. The zero-order chi connectivity index (χ0) is 13.3. The Bertz CT molecular complexity index is 546. The number of nitrogens with zero attached hydrogens (tertiary/aromatic N) is 1. The van der Waals surface area contributed by atoms with Crippen LogP contribution in [0.15, 0.2) is 23.1 Å². The first-order chi connectivity index (χ1) is 8.45. The second-order valence-electron chi connectivity index (χ2n) is 5.02. The number of benzene rings is 1. The van der Waals surface area contributed by atoms with Gasteiger partial charge in [-0.25, -0.2) is 8.42 Å². The Kier molecular flexibility index (Phi) is 5.38. The van der Waals surface area contributed by atoms with E-state index in [0.717, 1.165) is 17.5 Å². The minimum absolute atomic E-state index is 0. The van der Waals surface area contributed by atoms with Crippen molar-refractivity contribution in [2.45, 2.75) is 25.2 Å². The monoisotopic (exact) mass is 304 g/mol. The number of nitrogens with two attached hydrogens (primary N) is 1. The van der Waals surface area contributed by atoms with Crippen molar-refractivity contribution in [3.63, 3.8) is 0 Å². The summed E-state index contributed by atoms with van der Waals surface area (Å²) in [5.41, 5.74) is 7.49. The van der Waals surface area contributed by atoms with Crippen LogP contribution < -0.4 is 5.73 Å². The molecule has 0 aliphatic carbocycles. The molecule has 1 aliphatic rings. The molecule has 0 radical (unpaired) electrons. The minimum Gasteiger partial charge on any atom is -0.330 e. The quantitative estimate of drug-likeness (QED) is 0.924. The molecule has 2 N–H and O–H groups in total. The topological polar surface area (TPSA) is 63.4 Å². The van der Waals surface area contributed by atoms with E-state index in [1.165, 1.54) is 0 Å². The van der Waals surface area contributed by atoms with E-state index in [1.807, 2.05) is 26.0 Å². The van der Waals surface area contributed by atoms with Crippen LogP contribution in [0.5, 0.6) is 0 Å². The molecular weight excluding hydrogens is 284 g/mol. The van der Waals surface area contributed by atoms with Gasteiger partial charge in [0.15, 0.2) is 0 Å². The summed E-state index contributed by atoms with van der Waals surface area (Å²) in [6.45, 7) is 5.49. The van der Waals surface area contributed by atoms with E-state index < -0.39 is 10.0 Å². The Hall–Kier alpha value is -0.620. The Morgan fingerprint density at radius 3 is 2.58 bits per heavy atom. The van der Waals surface area contributed by atoms with Crippen molar-refractivity contribution >= 4 is 22.4 Å². The van der Waals surface area contributed by atoms with Crippen LogP contribution in [0, 0.1) is 19.8 Å². The Labute approximate surface area is 121 Å². The molecule has 0 spiro atoms. The molecule has 1 heterocycles. The summed E-state index contributed by atoms with van der Waals surface area (Å²) in [7, 11) is -3.35. The standard InChI is InChI=1S/C13H20N2O2S.ClH/c1-10-3-4-13(11(2)7-10)18(16,17)15-6-5-12(8-14)9-15;/h3-4,7,12H,5-6,8-9,14H2,1-2H3;1H. The van der Waals surface area contributed by atoms with Gasteiger partial charge in [-0.1, -0.05) is 17.7 Å². The van der Waals surface area contributed by atoms with Crippen LogP contribution in [0.4, 0.5) is 0 Å². The van der Waals surface area contributed by atoms with Gasteiger partial charge in [-0.3, -0.25) is 0 Å². The van der Waals surface area contributed by atoms with Crippen molar-refractivity contribution in [2.24, 2.45) is 11.7 Å². The predicted octanol–water partition coefficient (Wildman–Crippen LogP) is 1.69. The van der Waals surface area contributed by atoms with Crippen LogP contribution in [0.3, 0.4) is 0 Å². The van der Waals surface area contributed by atoms with Gasteiger partial charge >= 0.3 is 0 Å². The average molecular weight is 305 g/mol. The molecular formula is C13H21ClN2O2S. The SMILES string of the molecule is Cc1ccc(S(=O)(=O)N2CCC(CN)C2)c(C)c1.Cl. The van der Waals surface area contributed by atoms with E-state index in [1.54, 1.807) is 10.4 Å². The largest absolute Gasteiger partial charge is 0.330 e. The first-order valence-electron chi connectivity index (χ1n) is 6.22. The number of aryl methyl sites for hydroxylation is 2. The lowest BCUT2D eigenvalue weighted by Crippen LogP contribution is -2.30. The van der Waals surface area contributed by atoms with Crippen LogP contribution in [0.1, 0.15) is 17.5 Å². The average Bonchev–Trinajstić information content (AvgIpc) is 2.77. The Morgan fingerprint density at radius 1 is 1.37 bits per heavy atom. The molecule has 6 heteroatoms. The lowest BCUT2D eigenvalue weighted by atomic mass is 10.1. The normalized spacial score (nSPS) is 20.3. The first kappa shape index (κ1) is 16.4. The maximum Gasteiger partial charge on any atom is 0.243 e. The fourth-order valence-electron chi connectivity index (χ4n) is 2.44. The smallest absolute Gasteiger partial charge is 0.243 e. The van der Waals surface area contributed by atoms with Crippen LogP contribution in [0.25, 0.3) is 0 Å². The number of rotatable bonds is 3. The number of sulfonamides is 1. The van der Waals surface area contributed by atoms with Crippen molar-refractivity contribution in [2.75, 3.05) is 19.6 Å². The molecule has 0 amide bonds. The van der Waals surface area contributed by atoms with E-state index in [4.69, 9.17) is 5.73 Å². The molecule has 108 valence electrons. The summed E-state index contributed by atoms with van der Waals surface area (Å²) in [6, 6.07) is 5.45. The third kappa shape index (κ3) is 3.28. The maximum atomic E-state index is 12.5. The van der Waals surface area contributed by atoms with Crippen LogP contribution >= 0.6 is 12.4 Å². The molecule has 1 aromatic rings. The molecule has 4 nitrogen and oxygen atoms in total. The van der Waals surface area contributed by atoms with Gasteiger partial charge in [0.1, 0.15) is 0 Å². The summed E-state index contributed by atoms with van der Waals surface area (Å²) >= 11 is 0. The minimum atomic E-state index is -3.35. The fraction of sp³-hybridized carbons (Fsp3) is 0.538. The molecule has 1 unspecified atom stereocenters. The van der Waals surface area contributed by atoms with Crippen molar-refractivity contribution in [1.29, 1.82) is 0 Å². The highest BCUT2D eigenvalue weighted by Gasteiger charge is 2.32. The van der Waals surface area contributed by atoms with Gasteiger partial charge in [0.2, 0.25) is 10.0 Å². The molecule has 1 saturated heterocycles. The second kappa shape index (κ2) is 6.22. The van der Waals surface area contributed by atoms with Gasteiger partial charge in [-0.05, 0) is 44.4 Å². The van der Waals surface area contributed by atoms with Crippen LogP contribution in [0.2, 0.25) is 0 Å². The molecule has 2 rings (SSSR count). The van der Waals surface area contributed by atoms with E-state index in [9.17, 15) is 8.42 Å². The van der Waals surface area contributed by atoms with E-state index >= 15 is 0 Å². The van der Waals surface area contributed by atoms with Gasteiger partial charge in [-0.15, -0.1) is 12.4 Å². The Balaban J connectivity index is 0.00000180. The first-order valence-corrected chi connectivity index (χ1v) is 7.66. The zero-order valence-electron chi connectivity index (χ0n) is 11.3. The van der Waals surface area contributed by atoms with Crippen LogP contribution in [-0.4, -0.2) is 32.4 Å². The number of hydrogen-bond acceptors (Lipinski definition) is 3. The summed E-state index contributed by atoms with van der Waals surface area (Å²) in [4.78, 5) is 0.422. The molecule has 0 bridgehead atoms. The predicted molar refractivity (Wildman–Crippen MR) is 79.1 cm³/mol. The Morgan fingerprint density at radius 2 is 2.05 bits per heavy atom. The summed E-state index contributed by atoms with van der Waals surface area (Å²) in [5.74, 6) is 0.297. The van der Waals surface area contributed by atoms with E-state index in [-0.39, 0.29) is 12.4 Å². The molecule has 0 saturated carbocycles. The third-order valence-electron chi connectivity index (χ3n) is 3.53. The number of hydrogen-bond donors (Lipinski definition) is 1. The van der Waals surface area contributed by atoms with Crippen molar-refractivity contribution < 1.29 is 8.42 Å². The zero-order valence-corrected chi connectivity index (χ0v) is 12.9. The lowest BCUT2D eigenvalue weighted by Gasteiger charge is -2.18. The van der Waals surface area contributed by atoms with Gasteiger partial charge in [0.05, 0.1) is 4.90 Å². The summed E-state index contributed by atoms with van der Waals surface area (Å²) in [5, 5.41) is 0. The van der Waals surface area contributed by atoms with Gasteiger partial charge in [0.25, 0.3) is 0 Å². The molecule has 1 aromatic carbocycles. The lowest BCUT2D eigenvalue weighted by molar-refractivity contribution is 0.458. The van der Waals surface area contributed by atoms with E-state index in [2.05, 4.69) is 0 Å². The highest BCUT2D eigenvalue weighted by molar-refractivity contribution is 7.89. The molecule has 1 fully saturated rings. The van der Waals surface area contributed by atoms with Crippen molar-refractivity contribution in [3.8, 4) is 0 Å². The fourth-order valence-corrected chi connectivity index (χ4v) is 4.17. The van der Waals surface area contributed by atoms with Crippen molar-refractivity contribution in [1.82, 2.24) is 4.31 Å². The van der Waals surface area contributed by atoms with Gasteiger partial charge in [0, 0.05) is 13.1 Å². The molecule has 19 heavy (non-hydrogen) atoms. The van der Waals surface area contributed by atoms with Gasteiger partial charge in [-0.2, -0.15) is 4.31 Å². The highest BCUT2D eigenvalue weighted by atomic mass is 35.5. The highest BCUT2D eigenvalue weighted by Crippen LogP contribution is 2.26. The maximum absolute atomic E-state index is 12.5. The van der Waals surface area contributed by atoms with Crippen LogP contribution in [-0.2, 0) is 10.0 Å². The third-order valence-corrected chi connectivity index (χ3v) is 5.56. The summed E-state index contributed by atoms with van der Waals surface area (Å²) in [6.07, 6.45) is 0.862. The molecule has 0 aromatic heterocycles.